The third kappa shape index (κ3) is 7.95. The number of methoxy groups -OCH3 is 1. The van der Waals surface area contributed by atoms with Crippen LogP contribution < -0.4 is 5.32 Å². The van der Waals surface area contributed by atoms with E-state index in [2.05, 4.69) is 5.32 Å². The number of ether oxygens (including phenoxy) is 1. The molecule has 0 amide bonds. The first-order valence-electron chi connectivity index (χ1n) is 13.9. The Bertz CT molecular complexity index is 1830. The van der Waals surface area contributed by atoms with Crippen molar-refractivity contribution in [3.05, 3.63) is 130 Å². The number of esters is 1. The predicted molar refractivity (Wildman–Crippen MR) is 174 cm³/mol. The van der Waals surface area contributed by atoms with Gasteiger partial charge in [0.2, 0.25) is 0 Å². The zero-order chi connectivity index (χ0) is 32.1. The van der Waals surface area contributed by atoms with Gasteiger partial charge in [-0.15, -0.1) is 0 Å². The summed E-state index contributed by atoms with van der Waals surface area (Å²) < 4.78 is 46.3. The van der Waals surface area contributed by atoms with Gasteiger partial charge >= 0.3 is 12.1 Å². The van der Waals surface area contributed by atoms with Crippen molar-refractivity contribution in [1.29, 1.82) is 0 Å². The Kier molecular flexibility index (Phi) is 9.65. The number of aromatic nitrogens is 2. The molecule has 45 heavy (non-hydrogen) atoms. The van der Waals surface area contributed by atoms with Crippen LogP contribution in [0.3, 0.4) is 0 Å². The van der Waals surface area contributed by atoms with E-state index in [0.29, 0.717) is 39.2 Å². The zero-order valence-corrected chi connectivity index (χ0v) is 25.8. The van der Waals surface area contributed by atoms with Crippen LogP contribution in [0.5, 0.6) is 0 Å². The summed E-state index contributed by atoms with van der Waals surface area (Å²) in [5.74, 6) is 0.312. The van der Waals surface area contributed by atoms with Gasteiger partial charge in [-0.1, -0.05) is 77.8 Å². The lowest BCUT2D eigenvalue weighted by Gasteiger charge is -2.13. The van der Waals surface area contributed by atoms with E-state index in [1.807, 2.05) is 65.4 Å². The molecule has 0 aliphatic carbocycles. The van der Waals surface area contributed by atoms with Gasteiger partial charge in [0.1, 0.15) is 11.9 Å². The van der Waals surface area contributed by atoms with Gasteiger partial charge in [0, 0.05) is 29.0 Å². The Morgan fingerprint density at radius 1 is 0.956 bits per heavy atom. The molecule has 1 heterocycles. The third-order valence-corrected chi connectivity index (χ3v) is 7.67. The minimum atomic E-state index is -4.41. The molecule has 0 aliphatic heterocycles. The highest BCUT2D eigenvalue weighted by Crippen LogP contribution is 2.33. The number of carbonyl (C=O) groups is 1. The van der Waals surface area contributed by atoms with Crippen LogP contribution in [0.15, 0.2) is 97.2 Å². The summed E-state index contributed by atoms with van der Waals surface area (Å²) >= 11 is 12.6. The molecule has 0 aliphatic rings. The van der Waals surface area contributed by atoms with Crippen LogP contribution in [-0.4, -0.2) is 28.7 Å². The highest BCUT2D eigenvalue weighted by atomic mass is 35.5. The molecule has 230 valence electrons. The van der Waals surface area contributed by atoms with Gasteiger partial charge in [0.05, 0.1) is 23.4 Å². The summed E-state index contributed by atoms with van der Waals surface area (Å²) in [5.41, 5.74) is 4.51. The maximum absolute atomic E-state index is 13.2. The summed E-state index contributed by atoms with van der Waals surface area (Å²) in [5, 5.41) is 4.11. The van der Waals surface area contributed by atoms with Crippen molar-refractivity contribution in [3.63, 3.8) is 0 Å². The first-order chi connectivity index (χ1) is 21.5. The zero-order valence-electron chi connectivity index (χ0n) is 24.3. The molecule has 5 nitrogen and oxygen atoms in total. The van der Waals surface area contributed by atoms with E-state index >= 15 is 0 Å². The fourth-order valence-corrected chi connectivity index (χ4v) is 5.24. The normalized spacial score (nSPS) is 12.3. The second-order valence-corrected chi connectivity index (χ2v) is 11.2. The second kappa shape index (κ2) is 13.6. The number of rotatable bonds is 9. The number of carbonyl (C=O) groups excluding carboxylic acids is 1. The monoisotopic (exact) mass is 649 g/mol. The van der Waals surface area contributed by atoms with E-state index < -0.39 is 17.8 Å². The van der Waals surface area contributed by atoms with Gasteiger partial charge in [0.25, 0.3) is 0 Å². The number of benzene rings is 4. The summed E-state index contributed by atoms with van der Waals surface area (Å²) in [7, 11) is 1.35. The average molecular weight is 651 g/mol. The van der Waals surface area contributed by atoms with Crippen molar-refractivity contribution in [2.24, 2.45) is 0 Å². The molecule has 4 aromatic carbocycles. The Hall–Kier alpha value is -4.53. The topological polar surface area (TPSA) is 56.1 Å². The van der Waals surface area contributed by atoms with Crippen LogP contribution in [0.1, 0.15) is 29.4 Å². The molecule has 0 fully saturated rings. The molecule has 5 rings (SSSR count). The summed E-state index contributed by atoms with van der Waals surface area (Å²) in [6.07, 6.45) is 1.28. The highest BCUT2D eigenvalue weighted by molar-refractivity contribution is 6.36. The maximum atomic E-state index is 13.2. The minimum absolute atomic E-state index is 0.354. The Labute approximate surface area is 268 Å². The first-order valence-corrected chi connectivity index (χ1v) is 14.7. The summed E-state index contributed by atoms with van der Waals surface area (Å²) in [6.45, 7) is 2.23. The van der Waals surface area contributed by atoms with E-state index in [0.717, 1.165) is 34.5 Å². The number of alkyl halides is 3. The molecule has 1 unspecified atom stereocenters. The Morgan fingerprint density at radius 3 is 2.36 bits per heavy atom. The lowest BCUT2D eigenvalue weighted by Crippen LogP contribution is -2.27. The van der Waals surface area contributed by atoms with Crippen LogP contribution in [0, 0.1) is 0 Å². The van der Waals surface area contributed by atoms with Gasteiger partial charge in [-0.05, 0) is 77.7 Å². The van der Waals surface area contributed by atoms with Crippen molar-refractivity contribution in [2.75, 3.05) is 12.4 Å². The van der Waals surface area contributed by atoms with Crippen LogP contribution in [0.4, 0.5) is 18.9 Å². The van der Waals surface area contributed by atoms with Crippen molar-refractivity contribution >= 4 is 47.0 Å². The van der Waals surface area contributed by atoms with Crippen LogP contribution in [0.25, 0.3) is 34.5 Å². The summed E-state index contributed by atoms with van der Waals surface area (Å²) in [6, 6.07) is 25.0. The second-order valence-electron chi connectivity index (χ2n) is 10.4. The molecule has 1 atom stereocenters. The largest absolute Gasteiger partial charge is 0.467 e. The van der Waals surface area contributed by atoms with E-state index in [4.69, 9.17) is 32.9 Å². The molecular formula is C35H28Cl2F3N3O2. The van der Waals surface area contributed by atoms with E-state index in [1.165, 1.54) is 13.2 Å². The average Bonchev–Trinajstić information content (AvgIpc) is 3.42. The molecule has 10 heteroatoms. The van der Waals surface area contributed by atoms with Gasteiger partial charge in [0.15, 0.2) is 0 Å². The number of hydrogen-bond acceptors (Lipinski definition) is 4. The van der Waals surface area contributed by atoms with Gasteiger partial charge in [-0.25, -0.2) is 9.78 Å². The molecule has 0 saturated heterocycles. The highest BCUT2D eigenvalue weighted by Gasteiger charge is 2.30. The molecular weight excluding hydrogens is 622 g/mol. The van der Waals surface area contributed by atoms with Gasteiger partial charge in [-0.2, -0.15) is 13.2 Å². The number of nitrogens with one attached hydrogen (secondary N) is 1. The number of hydrogen-bond donors (Lipinski definition) is 1. The SMILES string of the molecule is COC(=O)C(C)Nc1ccc(Cn2cc(-c3ccc(Cl)cc3Cl)nc2/C=C/c2ccc(-c3cccc(C(F)(F)F)c3)cc2)cc1. The smallest absolute Gasteiger partial charge is 0.416 e. The first kappa shape index (κ1) is 31.9. The molecule has 5 aromatic rings. The number of nitrogens with zero attached hydrogens (tertiary/aromatic N) is 2. The molecule has 0 spiro atoms. The van der Waals surface area contributed by atoms with Gasteiger partial charge < -0.3 is 14.6 Å². The van der Waals surface area contributed by atoms with Crippen LogP contribution >= 0.6 is 23.2 Å². The Morgan fingerprint density at radius 2 is 1.69 bits per heavy atom. The van der Waals surface area contributed by atoms with Crippen LogP contribution in [0.2, 0.25) is 10.0 Å². The maximum Gasteiger partial charge on any atom is 0.416 e. The van der Waals surface area contributed by atoms with Crippen molar-refractivity contribution in [1.82, 2.24) is 9.55 Å². The lowest BCUT2D eigenvalue weighted by atomic mass is 10.0. The molecule has 1 N–H and O–H groups in total. The van der Waals surface area contributed by atoms with Crippen molar-refractivity contribution in [2.45, 2.75) is 25.7 Å². The number of imidazole rings is 1. The molecule has 1 aromatic heterocycles. The van der Waals surface area contributed by atoms with E-state index in [9.17, 15) is 18.0 Å². The standard InChI is InChI=1S/C35H28Cl2F3N3O2/c1-22(34(44)45-2)41-29-14-8-24(9-15-29)20-43-21-32(30-16-13-28(36)19-31(30)37)42-33(43)17-10-23-6-11-25(12-7-23)26-4-3-5-27(18-26)35(38,39)40/h3-19,21-22,41H,20H2,1-2H3/b17-10+. The third-order valence-electron chi connectivity index (χ3n) is 7.12. The number of anilines is 1. The lowest BCUT2D eigenvalue weighted by molar-refractivity contribution is -0.141. The van der Waals surface area contributed by atoms with E-state index in [-0.39, 0.29) is 5.97 Å². The summed E-state index contributed by atoms with van der Waals surface area (Å²) in [4.78, 5) is 16.6. The quantitative estimate of drug-likeness (QED) is 0.162. The fraction of sp³-hybridized carbons (Fsp3) is 0.143. The van der Waals surface area contributed by atoms with Gasteiger partial charge in [-0.3, -0.25) is 0 Å². The number of halogens is 5. The van der Waals surface area contributed by atoms with Crippen LogP contribution in [-0.2, 0) is 22.3 Å². The van der Waals surface area contributed by atoms with E-state index in [1.54, 1.807) is 37.3 Å². The van der Waals surface area contributed by atoms with Crippen molar-refractivity contribution < 1.29 is 22.7 Å². The Balaban J connectivity index is 1.40. The molecule has 0 radical (unpaired) electrons. The van der Waals surface area contributed by atoms with Crippen molar-refractivity contribution in [3.8, 4) is 22.4 Å². The minimum Gasteiger partial charge on any atom is -0.467 e. The molecule has 0 saturated carbocycles. The predicted octanol–water partition coefficient (Wildman–Crippen LogP) is 9.73. The fourth-order valence-electron chi connectivity index (χ4n) is 4.74. The molecule has 0 bridgehead atoms.